The highest BCUT2D eigenvalue weighted by atomic mass is 16.2. The Bertz CT molecular complexity index is 458. The van der Waals surface area contributed by atoms with E-state index in [1.807, 2.05) is 17.0 Å². The second-order valence-electron chi connectivity index (χ2n) is 5.78. The lowest BCUT2D eigenvalue weighted by molar-refractivity contribution is 0.0709. The van der Waals surface area contributed by atoms with E-state index in [1.165, 1.54) is 5.69 Å². The van der Waals surface area contributed by atoms with Gasteiger partial charge in [-0.1, -0.05) is 6.92 Å². The highest BCUT2D eigenvalue weighted by Crippen LogP contribution is 2.18. The van der Waals surface area contributed by atoms with E-state index in [2.05, 4.69) is 30.9 Å². The summed E-state index contributed by atoms with van der Waals surface area (Å²) < 4.78 is 0. The molecule has 21 heavy (non-hydrogen) atoms. The second kappa shape index (κ2) is 7.46. The normalized spacial score (nSPS) is 18.6. The van der Waals surface area contributed by atoms with E-state index in [0.717, 1.165) is 44.5 Å². The minimum absolute atomic E-state index is 0.107. The number of hydrogen-bond donors (Lipinski definition) is 1. The number of nitrogens with two attached hydrogens (primary N) is 1. The van der Waals surface area contributed by atoms with E-state index in [-0.39, 0.29) is 11.9 Å². The smallest absolute Gasteiger partial charge is 0.253 e. The van der Waals surface area contributed by atoms with Crippen LogP contribution in [0, 0.1) is 0 Å². The van der Waals surface area contributed by atoms with Gasteiger partial charge in [-0.2, -0.15) is 0 Å². The first kappa shape index (κ1) is 15.8. The molecule has 2 N–H and O–H groups in total. The van der Waals surface area contributed by atoms with Gasteiger partial charge in [0.15, 0.2) is 0 Å². The number of likely N-dealkylation sites (tertiary alicyclic amines) is 1. The van der Waals surface area contributed by atoms with Crippen LogP contribution in [0.3, 0.4) is 0 Å². The van der Waals surface area contributed by atoms with Gasteiger partial charge in [0.25, 0.3) is 5.91 Å². The Morgan fingerprint density at radius 1 is 1.33 bits per heavy atom. The molecule has 0 spiro atoms. The number of piperidine rings is 1. The van der Waals surface area contributed by atoms with Gasteiger partial charge in [-0.15, -0.1) is 0 Å². The number of hydrogen-bond acceptors (Lipinski definition) is 3. The van der Waals surface area contributed by atoms with Gasteiger partial charge in [-0.05, 0) is 50.5 Å². The minimum atomic E-state index is 0.107. The topological polar surface area (TPSA) is 49.6 Å². The third kappa shape index (κ3) is 3.97. The van der Waals surface area contributed by atoms with Crippen LogP contribution >= 0.6 is 0 Å². The Balaban J connectivity index is 2.05. The number of anilines is 1. The molecule has 0 saturated carbocycles. The van der Waals surface area contributed by atoms with Gasteiger partial charge >= 0.3 is 0 Å². The van der Waals surface area contributed by atoms with Gasteiger partial charge in [0.1, 0.15) is 0 Å². The van der Waals surface area contributed by atoms with Crippen molar-refractivity contribution in [3.05, 3.63) is 29.8 Å². The van der Waals surface area contributed by atoms with Gasteiger partial charge in [-0.3, -0.25) is 4.79 Å². The lowest BCUT2D eigenvalue weighted by Crippen LogP contribution is -2.45. The van der Waals surface area contributed by atoms with Crippen LogP contribution in [0.15, 0.2) is 24.3 Å². The molecule has 0 radical (unpaired) electrons. The van der Waals surface area contributed by atoms with Gasteiger partial charge in [0.2, 0.25) is 0 Å². The van der Waals surface area contributed by atoms with Gasteiger partial charge < -0.3 is 15.5 Å². The minimum Gasteiger partial charge on any atom is -0.372 e. The molecular weight excluding hydrogens is 262 g/mol. The van der Waals surface area contributed by atoms with Crippen molar-refractivity contribution in [2.45, 2.75) is 39.2 Å². The maximum Gasteiger partial charge on any atom is 0.253 e. The van der Waals surface area contributed by atoms with Gasteiger partial charge in [0, 0.05) is 43.5 Å². The molecule has 4 heteroatoms. The van der Waals surface area contributed by atoms with Crippen LogP contribution in [0.2, 0.25) is 0 Å². The van der Waals surface area contributed by atoms with Gasteiger partial charge in [0.05, 0.1) is 0 Å². The van der Waals surface area contributed by atoms with Crippen molar-refractivity contribution in [2.75, 3.05) is 31.1 Å². The molecule has 1 aliphatic rings. The molecule has 2 rings (SSSR count). The molecule has 1 aromatic rings. The number of rotatable bonds is 5. The quantitative estimate of drug-likeness (QED) is 0.906. The number of carbonyl (C=O) groups excluding carboxylic acids is 1. The molecule has 1 unspecified atom stereocenters. The van der Waals surface area contributed by atoms with E-state index in [4.69, 9.17) is 5.73 Å². The summed E-state index contributed by atoms with van der Waals surface area (Å²) in [5, 5.41) is 0. The van der Waals surface area contributed by atoms with Crippen LogP contribution in [0.25, 0.3) is 0 Å². The Hall–Kier alpha value is -1.55. The molecule has 1 aliphatic heterocycles. The fraction of sp³-hybridized carbons (Fsp3) is 0.588. The maximum atomic E-state index is 12.5. The fourth-order valence-electron chi connectivity index (χ4n) is 2.93. The first-order valence-corrected chi connectivity index (χ1v) is 8.05. The molecule has 4 nitrogen and oxygen atoms in total. The van der Waals surface area contributed by atoms with Crippen molar-refractivity contribution < 1.29 is 4.79 Å². The lowest BCUT2D eigenvalue weighted by atomic mass is 10.1. The first-order valence-electron chi connectivity index (χ1n) is 8.05. The van der Waals surface area contributed by atoms with Crippen LogP contribution in [0.5, 0.6) is 0 Å². The van der Waals surface area contributed by atoms with Crippen LogP contribution in [0.4, 0.5) is 5.69 Å². The average Bonchev–Trinajstić information content (AvgIpc) is 2.52. The highest BCUT2D eigenvalue weighted by molar-refractivity contribution is 5.94. The largest absolute Gasteiger partial charge is 0.372 e. The summed E-state index contributed by atoms with van der Waals surface area (Å²) in [6.07, 6.45) is 3.15. The van der Waals surface area contributed by atoms with Crippen molar-refractivity contribution >= 4 is 11.6 Å². The SMILES string of the molecule is CCCN(CC)c1ccc(C(=O)N2CCCC(N)C2)cc1. The molecule has 116 valence electrons. The van der Waals surface area contributed by atoms with Crippen molar-refractivity contribution in [1.29, 1.82) is 0 Å². The van der Waals surface area contributed by atoms with E-state index < -0.39 is 0 Å². The molecule has 1 aromatic carbocycles. The van der Waals surface area contributed by atoms with Crippen molar-refractivity contribution in [1.82, 2.24) is 4.90 Å². The highest BCUT2D eigenvalue weighted by Gasteiger charge is 2.22. The molecule has 1 fully saturated rings. The Morgan fingerprint density at radius 3 is 2.62 bits per heavy atom. The lowest BCUT2D eigenvalue weighted by Gasteiger charge is -2.31. The Labute approximate surface area is 127 Å². The zero-order valence-electron chi connectivity index (χ0n) is 13.2. The number of amides is 1. The summed E-state index contributed by atoms with van der Waals surface area (Å²) in [5.41, 5.74) is 7.91. The molecule has 1 saturated heterocycles. The van der Waals surface area contributed by atoms with Crippen LogP contribution in [-0.2, 0) is 0 Å². The predicted molar refractivity (Wildman–Crippen MR) is 87.7 cm³/mol. The van der Waals surface area contributed by atoms with E-state index in [1.54, 1.807) is 0 Å². The van der Waals surface area contributed by atoms with Crippen LogP contribution < -0.4 is 10.6 Å². The zero-order chi connectivity index (χ0) is 15.2. The molecule has 0 bridgehead atoms. The molecular formula is C17H27N3O. The zero-order valence-corrected chi connectivity index (χ0v) is 13.2. The number of carbonyl (C=O) groups is 1. The monoisotopic (exact) mass is 289 g/mol. The van der Waals surface area contributed by atoms with Crippen molar-refractivity contribution in [2.24, 2.45) is 5.73 Å². The fourth-order valence-corrected chi connectivity index (χ4v) is 2.93. The number of nitrogens with zero attached hydrogens (tertiary/aromatic N) is 2. The molecule has 1 amide bonds. The van der Waals surface area contributed by atoms with Crippen LogP contribution in [0.1, 0.15) is 43.5 Å². The van der Waals surface area contributed by atoms with Crippen molar-refractivity contribution in [3.8, 4) is 0 Å². The standard InChI is InChI=1S/C17H27N3O/c1-3-11-19(4-2)16-9-7-14(8-10-16)17(21)20-12-5-6-15(18)13-20/h7-10,15H,3-6,11-13,18H2,1-2H3. The summed E-state index contributed by atoms with van der Waals surface area (Å²) in [5.74, 6) is 0.107. The van der Waals surface area contributed by atoms with E-state index >= 15 is 0 Å². The maximum absolute atomic E-state index is 12.5. The summed E-state index contributed by atoms with van der Waals surface area (Å²) in [7, 11) is 0. The second-order valence-corrected chi connectivity index (χ2v) is 5.78. The van der Waals surface area contributed by atoms with Gasteiger partial charge in [-0.25, -0.2) is 0 Å². The van der Waals surface area contributed by atoms with E-state index in [9.17, 15) is 4.79 Å². The third-order valence-corrected chi connectivity index (χ3v) is 4.10. The number of benzene rings is 1. The summed E-state index contributed by atoms with van der Waals surface area (Å²) in [4.78, 5) is 16.7. The predicted octanol–water partition coefficient (Wildman–Crippen LogP) is 2.49. The van der Waals surface area contributed by atoms with E-state index in [0.29, 0.717) is 6.54 Å². The molecule has 0 aromatic heterocycles. The average molecular weight is 289 g/mol. The summed E-state index contributed by atoms with van der Waals surface area (Å²) in [6.45, 7) is 7.87. The molecule has 1 heterocycles. The summed E-state index contributed by atoms with van der Waals surface area (Å²) >= 11 is 0. The third-order valence-electron chi connectivity index (χ3n) is 4.10. The van der Waals surface area contributed by atoms with Crippen LogP contribution in [-0.4, -0.2) is 43.0 Å². The first-order chi connectivity index (χ1) is 10.2. The molecule has 0 aliphatic carbocycles. The Kier molecular flexibility index (Phi) is 5.62. The molecule has 1 atom stereocenters. The summed E-state index contributed by atoms with van der Waals surface area (Å²) in [6, 6.07) is 8.11. The van der Waals surface area contributed by atoms with Crippen molar-refractivity contribution in [3.63, 3.8) is 0 Å². The Morgan fingerprint density at radius 2 is 2.05 bits per heavy atom.